The van der Waals surface area contributed by atoms with Crippen molar-refractivity contribution in [2.24, 2.45) is 0 Å². The third-order valence-corrected chi connectivity index (χ3v) is 7.02. The lowest BCUT2D eigenvalue weighted by molar-refractivity contribution is -0.114. The molecule has 0 radical (unpaired) electrons. The molecule has 0 bridgehead atoms. The molecule has 0 saturated carbocycles. The summed E-state index contributed by atoms with van der Waals surface area (Å²) < 4.78 is 54.6. The molecule has 184 valence electrons. The lowest BCUT2D eigenvalue weighted by Gasteiger charge is -2.24. The summed E-state index contributed by atoms with van der Waals surface area (Å²) in [4.78, 5) is 12.9. The zero-order valence-electron chi connectivity index (χ0n) is 19.3. The number of carbonyl (C=O) groups excluding carboxylic acids is 1. The molecule has 1 heterocycles. The lowest BCUT2D eigenvalue weighted by atomic mass is 10.2. The topological polar surface area (TPSA) is 113 Å². The van der Waals surface area contributed by atoms with Gasteiger partial charge in [-0.1, -0.05) is 0 Å². The summed E-state index contributed by atoms with van der Waals surface area (Å²) >= 11 is 0. The van der Waals surface area contributed by atoms with E-state index in [9.17, 15) is 13.2 Å². The van der Waals surface area contributed by atoms with Crippen LogP contribution in [0.15, 0.2) is 65.6 Å². The van der Waals surface area contributed by atoms with Crippen LogP contribution in [0.25, 0.3) is 0 Å². The van der Waals surface area contributed by atoms with Gasteiger partial charge in [-0.25, -0.2) is 8.42 Å². The molecule has 1 aliphatic heterocycles. The van der Waals surface area contributed by atoms with Gasteiger partial charge in [0.15, 0.2) is 23.0 Å². The summed E-state index contributed by atoms with van der Waals surface area (Å²) in [5.74, 6) is 1.67. The van der Waals surface area contributed by atoms with E-state index in [-0.39, 0.29) is 23.1 Å². The largest absolute Gasteiger partial charge is 0.497 e. The van der Waals surface area contributed by atoms with Crippen molar-refractivity contribution >= 4 is 27.3 Å². The predicted octanol–water partition coefficient (Wildman–Crippen LogP) is 3.28. The minimum atomic E-state index is -4.18. The number of hydrogen-bond donors (Lipinski definition) is 1. The van der Waals surface area contributed by atoms with Crippen LogP contribution in [-0.4, -0.2) is 49.0 Å². The van der Waals surface area contributed by atoms with Gasteiger partial charge >= 0.3 is 0 Å². The molecular weight excluding hydrogens is 476 g/mol. The average molecular weight is 501 g/mol. The van der Waals surface area contributed by atoms with E-state index in [1.54, 1.807) is 42.5 Å². The Morgan fingerprint density at radius 1 is 0.886 bits per heavy atom. The van der Waals surface area contributed by atoms with Crippen LogP contribution in [0.3, 0.4) is 0 Å². The summed E-state index contributed by atoms with van der Waals surface area (Å²) in [5, 5.41) is 2.71. The summed E-state index contributed by atoms with van der Waals surface area (Å²) in [6.45, 7) is -0.390. The SMILES string of the molecule is COc1ccc(N(CC(=O)Nc2ccc3c(c2)OCO3)S(=O)(=O)c2ccc(OC)c(OC)c2)cc1. The van der Waals surface area contributed by atoms with E-state index >= 15 is 0 Å². The molecule has 0 atom stereocenters. The third-order valence-electron chi connectivity index (χ3n) is 5.25. The number of fused-ring (bicyclic) bond motifs is 1. The minimum Gasteiger partial charge on any atom is -0.497 e. The van der Waals surface area contributed by atoms with Gasteiger partial charge in [-0.15, -0.1) is 0 Å². The number of carbonyl (C=O) groups is 1. The van der Waals surface area contributed by atoms with E-state index in [1.165, 1.54) is 39.5 Å². The molecule has 0 fully saturated rings. The maximum Gasteiger partial charge on any atom is 0.264 e. The zero-order chi connectivity index (χ0) is 25.0. The van der Waals surface area contributed by atoms with Gasteiger partial charge in [0, 0.05) is 17.8 Å². The molecule has 3 aromatic carbocycles. The molecule has 11 heteroatoms. The highest BCUT2D eigenvalue weighted by atomic mass is 32.2. The Morgan fingerprint density at radius 2 is 1.60 bits per heavy atom. The van der Waals surface area contributed by atoms with E-state index in [1.807, 2.05) is 0 Å². The van der Waals surface area contributed by atoms with Crippen molar-refractivity contribution in [3.63, 3.8) is 0 Å². The summed E-state index contributed by atoms with van der Waals surface area (Å²) in [6.07, 6.45) is 0. The second-order valence-electron chi connectivity index (χ2n) is 7.34. The van der Waals surface area contributed by atoms with Crippen LogP contribution in [0.2, 0.25) is 0 Å². The van der Waals surface area contributed by atoms with Gasteiger partial charge in [-0.05, 0) is 48.5 Å². The van der Waals surface area contributed by atoms with E-state index < -0.39 is 22.5 Å². The third kappa shape index (κ3) is 5.04. The van der Waals surface area contributed by atoms with E-state index in [2.05, 4.69) is 5.32 Å². The highest BCUT2D eigenvalue weighted by molar-refractivity contribution is 7.92. The highest BCUT2D eigenvalue weighted by Gasteiger charge is 2.29. The fourth-order valence-electron chi connectivity index (χ4n) is 3.47. The average Bonchev–Trinajstić information content (AvgIpc) is 3.34. The first-order valence-electron chi connectivity index (χ1n) is 10.4. The Bertz CT molecular complexity index is 1330. The standard InChI is InChI=1S/C24H24N2O8S/c1-30-18-7-5-17(6-8-18)26(35(28,29)19-9-11-20(31-2)22(13-19)32-3)14-24(27)25-16-4-10-21-23(12-16)34-15-33-21/h4-13H,14-15H2,1-3H3,(H,25,27). The number of methoxy groups -OCH3 is 3. The second kappa shape index (κ2) is 10.0. The number of benzene rings is 3. The number of sulfonamides is 1. The van der Waals surface area contributed by atoms with Crippen LogP contribution in [0, 0.1) is 0 Å². The maximum absolute atomic E-state index is 13.7. The van der Waals surface area contributed by atoms with Crippen molar-refractivity contribution in [2.75, 3.05) is 44.3 Å². The number of nitrogens with one attached hydrogen (secondary N) is 1. The maximum atomic E-state index is 13.7. The van der Waals surface area contributed by atoms with E-state index in [4.69, 9.17) is 23.7 Å². The number of nitrogens with zero attached hydrogens (tertiary/aromatic N) is 1. The molecule has 1 aliphatic rings. The Kier molecular flexibility index (Phi) is 6.87. The monoisotopic (exact) mass is 500 g/mol. The van der Waals surface area contributed by atoms with Gasteiger partial charge in [-0.3, -0.25) is 9.10 Å². The number of hydrogen-bond acceptors (Lipinski definition) is 8. The van der Waals surface area contributed by atoms with Crippen LogP contribution in [0.5, 0.6) is 28.7 Å². The van der Waals surface area contributed by atoms with Crippen LogP contribution in [-0.2, 0) is 14.8 Å². The molecule has 1 amide bonds. The fourth-order valence-corrected chi connectivity index (χ4v) is 4.91. The molecule has 0 saturated heterocycles. The first-order chi connectivity index (χ1) is 16.8. The summed E-state index contributed by atoms with van der Waals surface area (Å²) in [5.41, 5.74) is 0.721. The number of amides is 1. The smallest absolute Gasteiger partial charge is 0.264 e. The molecule has 1 N–H and O–H groups in total. The molecular formula is C24H24N2O8S. The van der Waals surface area contributed by atoms with Gasteiger partial charge in [0.05, 0.1) is 31.9 Å². The normalized spacial score (nSPS) is 12.1. The summed E-state index contributed by atoms with van der Waals surface area (Å²) in [7, 11) is 0.195. The first kappa shape index (κ1) is 24.0. The molecule has 10 nitrogen and oxygen atoms in total. The minimum absolute atomic E-state index is 0.0677. The van der Waals surface area contributed by atoms with Crippen molar-refractivity contribution in [2.45, 2.75) is 4.90 Å². The zero-order valence-corrected chi connectivity index (χ0v) is 20.1. The quantitative estimate of drug-likeness (QED) is 0.476. The van der Waals surface area contributed by atoms with Gasteiger partial charge in [0.25, 0.3) is 10.0 Å². The number of anilines is 2. The molecule has 0 aliphatic carbocycles. The molecule has 0 aromatic heterocycles. The van der Waals surface area contributed by atoms with Gasteiger partial charge in [-0.2, -0.15) is 0 Å². The molecule has 35 heavy (non-hydrogen) atoms. The van der Waals surface area contributed by atoms with Crippen molar-refractivity contribution in [1.29, 1.82) is 0 Å². The highest BCUT2D eigenvalue weighted by Crippen LogP contribution is 2.35. The fraction of sp³-hybridized carbons (Fsp3) is 0.208. The van der Waals surface area contributed by atoms with Crippen LogP contribution < -0.4 is 33.3 Å². The Morgan fingerprint density at radius 3 is 2.29 bits per heavy atom. The van der Waals surface area contributed by atoms with Crippen molar-refractivity contribution in [3.05, 3.63) is 60.7 Å². The van der Waals surface area contributed by atoms with E-state index in [0.29, 0.717) is 28.7 Å². The Hall–Kier alpha value is -4.12. The number of ether oxygens (including phenoxy) is 5. The van der Waals surface area contributed by atoms with Crippen molar-refractivity contribution in [1.82, 2.24) is 0 Å². The van der Waals surface area contributed by atoms with Crippen molar-refractivity contribution in [3.8, 4) is 28.7 Å². The van der Waals surface area contributed by atoms with Crippen LogP contribution >= 0.6 is 0 Å². The van der Waals surface area contributed by atoms with Crippen molar-refractivity contribution < 1.29 is 36.9 Å². The van der Waals surface area contributed by atoms with Gasteiger partial charge in [0.2, 0.25) is 12.7 Å². The van der Waals surface area contributed by atoms with Gasteiger partial charge < -0.3 is 29.0 Å². The van der Waals surface area contributed by atoms with Gasteiger partial charge in [0.1, 0.15) is 12.3 Å². The molecule has 0 unspecified atom stereocenters. The molecule has 3 aromatic rings. The lowest BCUT2D eigenvalue weighted by Crippen LogP contribution is -2.38. The first-order valence-corrected chi connectivity index (χ1v) is 11.9. The Balaban J connectivity index is 1.66. The number of rotatable bonds is 9. The van der Waals surface area contributed by atoms with Crippen LogP contribution in [0.1, 0.15) is 0 Å². The molecule has 4 rings (SSSR count). The van der Waals surface area contributed by atoms with E-state index in [0.717, 1.165) is 4.31 Å². The Labute approximate surface area is 203 Å². The van der Waals surface area contributed by atoms with Crippen LogP contribution in [0.4, 0.5) is 11.4 Å². The second-order valence-corrected chi connectivity index (χ2v) is 9.21. The predicted molar refractivity (Wildman–Crippen MR) is 128 cm³/mol. The molecule has 0 spiro atoms. The summed E-state index contributed by atoms with van der Waals surface area (Å²) in [6, 6.07) is 15.5.